The van der Waals surface area contributed by atoms with Crippen molar-refractivity contribution in [2.45, 2.75) is 232 Å². The first-order valence-electron chi connectivity index (χ1n) is 25.8. The van der Waals surface area contributed by atoms with Crippen LogP contribution in [-0.2, 0) is 33.3 Å². The van der Waals surface area contributed by atoms with Gasteiger partial charge in [0.1, 0.15) is 13.2 Å². The highest BCUT2D eigenvalue weighted by molar-refractivity contribution is 5.70. The summed E-state index contributed by atoms with van der Waals surface area (Å²) in [4.78, 5) is 37.0. The molecule has 0 aliphatic carbocycles. The Kier molecular flexibility index (Phi) is 43.8. The molecule has 0 saturated carbocycles. The monoisotopic (exact) mass is 888 g/mol. The minimum atomic E-state index is -1.62. The number of carboxylic acids is 1. The number of allylic oxidation sites excluding steroid dienone is 8. The van der Waals surface area contributed by atoms with Crippen molar-refractivity contribution < 1.29 is 42.9 Å². The Morgan fingerprint density at radius 3 is 1.33 bits per heavy atom. The number of rotatable bonds is 47. The molecule has 0 heterocycles. The van der Waals surface area contributed by atoms with Gasteiger partial charge in [-0.05, 0) is 70.6 Å². The summed E-state index contributed by atoms with van der Waals surface area (Å²) >= 11 is 0. The van der Waals surface area contributed by atoms with E-state index >= 15 is 0 Å². The Bertz CT molecular complexity index is 1170. The van der Waals surface area contributed by atoms with E-state index in [1.807, 2.05) is 21.1 Å². The maximum Gasteiger partial charge on any atom is 0.306 e. The Morgan fingerprint density at radius 1 is 0.476 bits per heavy atom. The molecule has 0 aromatic carbocycles. The van der Waals surface area contributed by atoms with Crippen molar-refractivity contribution >= 4 is 17.9 Å². The van der Waals surface area contributed by atoms with Crippen LogP contribution in [0.1, 0.15) is 219 Å². The van der Waals surface area contributed by atoms with E-state index in [0.717, 1.165) is 77.0 Å². The van der Waals surface area contributed by atoms with Crippen molar-refractivity contribution in [2.24, 2.45) is 0 Å². The molecule has 0 radical (unpaired) electrons. The maximum absolute atomic E-state index is 12.8. The zero-order valence-electron chi connectivity index (χ0n) is 41.4. The third-order valence-electron chi connectivity index (χ3n) is 11.0. The molecule has 0 aromatic heterocycles. The van der Waals surface area contributed by atoms with Crippen molar-refractivity contribution in [1.82, 2.24) is 0 Å². The van der Waals surface area contributed by atoms with Gasteiger partial charge in [-0.2, -0.15) is 0 Å². The summed E-state index contributed by atoms with van der Waals surface area (Å²) in [6.45, 7) is 4.68. The van der Waals surface area contributed by atoms with Crippen molar-refractivity contribution in [3.63, 3.8) is 0 Å². The van der Waals surface area contributed by atoms with Crippen LogP contribution < -0.4 is 5.11 Å². The van der Waals surface area contributed by atoms with Gasteiger partial charge >= 0.3 is 11.9 Å². The van der Waals surface area contributed by atoms with Crippen molar-refractivity contribution in [3.8, 4) is 0 Å². The lowest BCUT2D eigenvalue weighted by Crippen LogP contribution is -2.44. The molecule has 0 aliphatic heterocycles. The molecule has 0 N–H and O–H groups in total. The smallest absolute Gasteiger partial charge is 0.306 e. The fraction of sp³-hybridized carbons (Fsp3) is 0.796. The van der Waals surface area contributed by atoms with Gasteiger partial charge in [0.2, 0.25) is 0 Å². The average Bonchev–Trinajstić information content (AvgIpc) is 3.24. The van der Waals surface area contributed by atoms with Crippen LogP contribution in [-0.4, -0.2) is 82.3 Å². The fourth-order valence-corrected chi connectivity index (χ4v) is 6.99. The van der Waals surface area contributed by atoms with E-state index in [0.29, 0.717) is 17.4 Å². The van der Waals surface area contributed by atoms with Gasteiger partial charge in [-0.3, -0.25) is 9.59 Å². The minimum Gasteiger partial charge on any atom is -0.545 e. The molecule has 0 saturated heterocycles. The van der Waals surface area contributed by atoms with E-state index in [9.17, 15) is 19.5 Å². The summed E-state index contributed by atoms with van der Waals surface area (Å²) in [6, 6.07) is 0. The number of unbranched alkanes of at least 4 members (excludes halogenated alkanes) is 24. The second kappa shape index (κ2) is 45.8. The Labute approximate surface area is 387 Å². The molecule has 9 heteroatoms. The molecule has 63 heavy (non-hydrogen) atoms. The molecule has 2 atom stereocenters. The van der Waals surface area contributed by atoms with E-state index in [2.05, 4.69) is 62.5 Å². The quantitative estimate of drug-likeness (QED) is 0.0195. The molecule has 0 bridgehead atoms. The standard InChI is InChI=1S/C54H97NO8/c1-6-8-10-12-14-16-18-19-20-21-22-23-24-25-26-27-28-29-30-31-32-33-35-37-39-41-43-45-52(57)63-50(49-62-54(53(58)59)60-47-46-55(3,4)5)48-61-51(56)44-42-40-38-36-34-17-15-13-11-9-7-2/h13,15,18-19,21-22,24-25,50,54H,6-12,14,16-17,20,23,26-49H2,1-5H3/b15-13-,19-18-,22-21-,25-24-. The van der Waals surface area contributed by atoms with E-state index in [-0.39, 0.29) is 38.6 Å². The normalized spacial score (nSPS) is 13.2. The summed E-state index contributed by atoms with van der Waals surface area (Å²) in [7, 11) is 5.91. The average molecular weight is 888 g/mol. The van der Waals surface area contributed by atoms with Crippen LogP contribution in [0.5, 0.6) is 0 Å². The largest absolute Gasteiger partial charge is 0.545 e. The van der Waals surface area contributed by atoms with Crippen molar-refractivity contribution in [2.75, 3.05) is 47.5 Å². The second-order valence-corrected chi connectivity index (χ2v) is 18.5. The second-order valence-electron chi connectivity index (χ2n) is 18.5. The highest BCUT2D eigenvalue weighted by Crippen LogP contribution is 2.15. The number of likely N-dealkylation sites (N-methyl/N-ethyl adjacent to an activating group) is 1. The lowest BCUT2D eigenvalue weighted by atomic mass is 10.0. The summed E-state index contributed by atoms with van der Waals surface area (Å²) in [6.07, 6.45) is 51.6. The Hall–Kier alpha value is -2.75. The van der Waals surface area contributed by atoms with Gasteiger partial charge in [0.25, 0.3) is 0 Å². The molecule has 0 spiro atoms. The zero-order valence-corrected chi connectivity index (χ0v) is 41.4. The van der Waals surface area contributed by atoms with E-state index in [1.54, 1.807) is 0 Å². The first-order valence-corrected chi connectivity index (χ1v) is 25.8. The molecule has 0 fully saturated rings. The van der Waals surface area contributed by atoms with Crippen molar-refractivity contribution in [3.05, 3.63) is 48.6 Å². The highest BCUT2D eigenvalue weighted by Gasteiger charge is 2.22. The van der Waals surface area contributed by atoms with Gasteiger partial charge in [0, 0.05) is 12.8 Å². The third-order valence-corrected chi connectivity index (χ3v) is 11.0. The predicted octanol–water partition coefficient (Wildman–Crippen LogP) is 13.0. The summed E-state index contributed by atoms with van der Waals surface area (Å²) in [5.41, 5.74) is 0. The van der Waals surface area contributed by atoms with Gasteiger partial charge in [0.15, 0.2) is 12.4 Å². The number of carbonyl (C=O) groups excluding carboxylic acids is 3. The van der Waals surface area contributed by atoms with Gasteiger partial charge < -0.3 is 33.3 Å². The molecular formula is C54H97NO8. The van der Waals surface area contributed by atoms with Gasteiger partial charge in [0.05, 0.1) is 40.3 Å². The number of carboxylic acid groups (broad SMARTS) is 1. The molecule has 0 aromatic rings. The van der Waals surface area contributed by atoms with Crippen LogP contribution >= 0.6 is 0 Å². The third kappa shape index (κ3) is 47.0. The summed E-state index contributed by atoms with van der Waals surface area (Å²) in [5.74, 6) is -2.30. The van der Waals surface area contributed by atoms with Gasteiger partial charge in [-0.25, -0.2) is 0 Å². The molecule has 0 amide bonds. The minimum absolute atomic E-state index is 0.145. The molecule has 366 valence electrons. The predicted molar refractivity (Wildman–Crippen MR) is 260 cm³/mol. The van der Waals surface area contributed by atoms with Crippen molar-refractivity contribution in [1.29, 1.82) is 0 Å². The number of ether oxygens (including phenoxy) is 4. The van der Waals surface area contributed by atoms with Crippen LogP contribution in [0.3, 0.4) is 0 Å². The lowest BCUT2D eigenvalue weighted by Gasteiger charge is -2.26. The maximum atomic E-state index is 12.8. The number of carbonyl (C=O) groups is 3. The molecule has 0 rings (SSSR count). The van der Waals surface area contributed by atoms with Crippen LogP contribution in [0.2, 0.25) is 0 Å². The first kappa shape index (κ1) is 60.2. The molecule has 0 aliphatic rings. The topological polar surface area (TPSA) is 111 Å². The van der Waals surface area contributed by atoms with Crippen LogP contribution in [0, 0.1) is 0 Å². The number of quaternary nitrogens is 1. The first-order chi connectivity index (χ1) is 30.6. The van der Waals surface area contributed by atoms with Gasteiger partial charge in [-0.15, -0.1) is 0 Å². The summed E-state index contributed by atoms with van der Waals surface area (Å²) in [5, 5.41) is 11.7. The Morgan fingerprint density at radius 2 is 0.873 bits per heavy atom. The molecule has 2 unspecified atom stereocenters. The summed E-state index contributed by atoms with van der Waals surface area (Å²) < 4.78 is 22.6. The zero-order chi connectivity index (χ0) is 46.3. The van der Waals surface area contributed by atoms with E-state index < -0.39 is 24.3 Å². The van der Waals surface area contributed by atoms with Crippen LogP contribution in [0.15, 0.2) is 48.6 Å². The number of esters is 2. The number of aliphatic carboxylic acids is 1. The lowest BCUT2D eigenvalue weighted by molar-refractivity contribution is -0.870. The molecular weight excluding hydrogens is 791 g/mol. The number of hydrogen-bond donors (Lipinski definition) is 0. The number of nitrogens with zero attached hydrogens (tertiary/aromatic N) is 1. The van der Waals surface area contributed by atoms with Gasteiger partial charge in [-0.1, -0.05) is 184 Å². The SMILES string of the molecule is CCCC/C=C\CCCCCCCC(=O)OCC(COC(OCC[N+](C)(C)C)C(=O)[O-])OC(=O)CCCCCCCCCCCCCC/C=C\C/C=C\C/C=C\CCCCCCC. The number of hydrogen-bond acceptors (Lipinski definition) is 8. The van der Waals surface area contributed by atoms with E-state index in [1.165, 1.54) is 109 Å². The van der Waals surface area contributed by atoms with E-state index in [4.69, 9.17) is 18.9 Å². The fourth-order valence-electron chi connectivity index (χ4n) is 6.99. The Balaban J connectivity index is 4.22. The van der Waals surface area contributed by atoms with Crippen LogP contribution in [0.25, 0.3) is 0 Å². The molecule has 9 nitrogen and oxygen atoms in total. The van der Waals surface area contributed by atoms with Crippen LogP contribution in [0.4, 0.5) is 0 Å². The highest BCUT2D eigenvalue weighted by atomic mass is 16.7.